The molecule has 1 N–H and O–H groups in total. The van der Waals surface area contributed by atoms with Gasteiger partial charge in [-0.1, -0.05) is 24.4 Å². The molecular formula is C12H14ClF3N2. The summed E-state index contributed by atoms with van der Waals surface area (Å²) >= 11 is 5.80. The first kappa shape index (κ1) is 13.5. The third-order valence-corrected chi connectivity index (χ3v) is 3.49. The molecule has 1 aromatic heterocycles. The first-order valence-corrected chi connectivity index (χ1v) is 6.31. The van der Waals surface area contributed by atoms with Crippen molar-refractivity contribution in [2.45, 2.75) is 31.9 Å². The van der Waals surface area contributed by atoms with Crippen LogP contribution in [0.4, 0.5) is 19.0 Å². The van der Waals surface area contributed by atoms with Crippen molar-refractivity contribution < 1.29 is 13.2 Å². The lowest BCUT2D eigenvalue weighted by Crippen LogP contribution is -2.13. The van der Waals surface area contributed by atoms with E-state index < -0.39 is 11.7 Å². The number of alkyl halides is 3. The van der Waals surface area contributed by atoms with E-state index in [1.54, 1.807) is 0 Å². The van der Waals surface area contributed by atoms with Gasteiger partial charge in [0.15, 0.2) is 0 Å². The Morgan fingerprint density at radius 1 is 1.33 bits per heavy atom. The zero-order valence-corrected chi connectivity index (χ0v) is 10.5. The molecule has 1 aliphatic rings. The van der Waals surface area contributed by atoms with Gasteiger partial charge in [0.2, 0.25) is 0 Å². The van der Waals surface area contributed by atoms with Crippen molar-refractivity contribution >= 4 is 17.4 Å². The molecular weight excluding hydrogens is 265 g/mol. The molecule has 0 aromatic carbocycles. The summed E-state index contributed by atoms with van der Waals surface area (Å²) < 4.78 is 37.2. The highest BCUT2D eigenvalue weighted by atomic mass is 35.5. The Balaban J connectivity index is 2.01. The van der Waals surface area contributed by atoms with Crippen LogP contribution in [-0.2, 0) is 6.18 Å². The van der Waals surface area contributed by atoms with E-state index in [4.69, 9.17) is 11.6 Å². The van der Waals surface area contributed by atoms with Gasteiger partial charge in [-0.15, -0.1) is 0 Å². The quantitative estimate of drug-likeness (QED) is 0.889. The number of hydrogen-bond acceptors (Lipinski definition) is 2. The second kappa shape index (κ2) is 5.34. The Hall–Kier alpha value is -0.970. The van der Waals surface area contributed by atoms with Gasteiger partial charge in [0.05, 0.1) is 10.6 Å². The Morgan fingerprint density at radius 3 is 2.56 bits per heavy atom. The van der Waals surface area contributed by atoms with Crippen LogP contribution < -0.4 is 5.32 Å². The summed E-state index contributed by atoms with van der Waals surface area (Å²) in [5, 5.41) is 3.04. The van der Waals surface area contributed by atoms with Crippen LogP contribution in [0.15, 0.2) is 12.3 Å². The van der Waals surface area contributed by atoms with Crippen LogP contribution in [0, 0.1) is 5.92 Å². The van der Waals surface area contributed by atoms with E-state index >= 15 is 0 Å². The average Bonchev–Trinajstić information content (AvgIpc) is 2.79. The van der Waals surface area contributed by atoms with Crippen LogP contribution in [0.3, 0.4) is 0 Å². The molecule has 1 fully saturated rings. The van der Waals surface area contributed by atoms with Crippen LogP contribution in [0.1, 0.15) is 31.2 Å². The number of hydrogen-bond donors (Lipinski definition) is 1. The molecule has 0 amide bonds. The number of aromatic nitrogens is 1. The summed E-state index contributed by atoms with van der Waals surface area (Å²) in [6.45, 7) is 0.720. The van der Waals surface area contributed by atoms with Gasteiger partial charge in [-0.05, 0) is 24.8 Å². The molecule has 1 aliphatic carbocycles. The molecule has 2 nitrogen and oxygen atoms in total. The number of nitrogens with one attached hydrogen (secondary N) is 1. The second-order valence-electron chi connectivity index (χ2n) is 4.58. The van der Waals surface area contributed by atoms with Gasteiger partial charge >= 0.3 is 6.18 Å². The molecule has 6 heteroatoms. The van der Waals surface area contributed by atoms with Gasteiger partial charge in [-0.2, -0.15) is 13.2 Å². The van der Waals surface area contributed by atoms with E-state index in [1.165, 1.54) is 12.8 Å². The molecule has 2 rings (SSSR count). The fraction of sp³-hybridized carbons (Fsp3) is 0.583. The summed E-state index contributed by atoms with van der Waals surface area (Å²) in [7, 11) is 0. The maximum absolute atomic E-state index is 12.4. The molecule has 18 heavy (non-hydrogen) atoms. The molecule has 100 valence electrons. The lowest BCUT2D eigenvalue weighted by molar-refractivity contribution is -0.137. The van der Waals surface area contributed by atoms with Crippen molar-refractivity contribution in [1.29, 1.82) is 0 Å². The summed E-state index contributed by atoms with van der Waals surface area (Å²) in [5.74, 6) is 0.904. The monoisotopic (exact) mass is 278 g/mol. The molecule has 0 atom stereocenters. The fourth-order valence-corrected chi connectivity index (χ4v) is 2.41. The molecule has 0 radical (unpaired) electrons. The largest absolute Gasteiger partial charge is 0.417 e. The van der Waals surface area contributed by atoms with E-state index in [2.05, 4.69) is 10.3 Å². The minimum absolute atomic E-state index is 0.0165. The van der Waals surface area contributed by atoms with Gasteiger partial charge < -0.3 is 5.32 Å². The topological polar surface area (TPSA) is 24.9 Å². The molecule has 1 aromatic rings. The smallest absolute Gasteiger partial charge is 0.369 e. The van der Waals surface area contributed by atoms with E-state index in [1.807, 2.05) is 0 Å². The molecule has 0 bridgehead atoms. The standard InChI is InChI=1S/C12H14ClF3N2/c13-10-5-9(12(14,15)16)7-18-11(10)17-6-8-3-1-2-4-8/h5,7-8H,1-4,6H2,(H,17,18). The van der Waals surface area contributed by atoms with Crippen molar-refractivity contribution in [3.8, 4) is 0 Å². The summed E-state index contributed by atoms with van der Waals surface area (Å²) in [5.41, 5.74) is -0.820. The first-order chi connectivity index (χ1) is 8.47. The zero-order chi connectivity index (χ0) is 13.2. The number of rotatable bonds is 3. The molecule has 0 unspecified atom stereocenters. The van der Waals surface area contributed by atoms with Crippen LogP contribution in [-0.4, -0.2) is 11.5 Å². The second-order valence-corrected chi connectivity index (χ2v) is 4.99. The third kappa shape index (κ3) is 3.28. The van der Waals surface area contributed by atoms with Crippen molar-refractivity contribution in [1.82, 2.24) is 4.98 Å². The van der Waals surface area contributed by atoms with E-state index in [-0.39, 0.29) is 5.02 Å². The van der Waals surface area contributed by atoms with Crippen molar-refractivity contribution in [3.63, 3.8) is 0 Å². The van der Waals surface area contributed by atoms with E-state index in [0.717, 1.165) is 31.6 Å². The SMILES string of the molecule is FC(F)(F)c1cnc(NCC2CCCC2)c(Cl)c1. The maximum Gasteiger partial charge on any atom is 0.417 e. The predicted octanol–water partition coefficient (Wildman–Crippen LogP) is 4.36. The summed E-state index contributed by atoms with van der Waals surface area (Å²) in [4.78, 5) is 3.74. The van der Waals surface area contributed by atoms with Crippen LogP contribution in [0.25, 0.3) is 0 Å². The zero-order valence-electron chi connectivity index (χ0n) is 9.73. The summed E-state index contributed by atoms with van der Waals surface area (Å²) in [6, 6.07) is 0.908. The van der Waals surface area contributed by atoms with Crippen molar-refractivity contribution in [3.05, 3.63) is 22.8 Å². The van der Waals surface area contributed by atoms with E-state index in [9.17, 15) is 13.2 Å². The van der Waals surface area contributed by atoms with Crippen LogP contribution >= 0.6 is 11.6 Å². The highest BCUT2D eigenvalue weighted by molar-refractivity contribution is 6.32. The average molecular weight is 279 g/mol. The normalized spacial score (nSPS) is 17.1. The lowest BCUT2D eigenvalue weighted by Gasteiger charge is -2.13. The van der Waals surface area contributed by atoms with Gasteiger partial charge in [0.25, 0.3) is 0 Å². The van der Waals surface area contributed by atoms with Gasteiger partial charge in [-0.3, -0.25) is 0 Å². The van der Waals surface area contributed by atoms with Crippen molar-refractivity contribution in [2.75, 3.05) is 11.9 Å². The molecule has 0 saturated heterocycles. The molecule has 0 aliphatic heterocycles. The van der Waals surface area contributed by atoms with Gasteiger partial charge in [0, 0.05) is 12.7 Å². The molecule has 1 heterocycles. The minimum Gasteiger partial charge on any atom is -0.369 e. The summed E-state index contributed by atoms with van der Waals surface area (Å²) in [6.07, 6.45) is 1.17. The molecule has 0 spiro atoms. The van der Waals surface area contributed by atoms with Gasteiger partial charge in [0.1, 0.15) is 5.82 Å². The lowest BCUT2D eigenvalue weighted by atomic mass is 10.1. The highest BCUT2D eigenvalue weighted by Gasteiger charge is 2.31. The Labute approximate surface area is 109 Å². The highest BCUT2D eigenvalue weighted by Crippen LogP contribution is 2.32. The van der Waals surface area contributed by atoms with Gasteiger partial charge in [-0.25, -0.2) is 4.98 Å². The number of halogens is 4. The number of pyridine rings is 1. The number of anilines is 1. The Kier molecular flexibility index (Phi) is 4.00. The first-order valence-electron chi connectivity index (χ1n) is 5.93. The Bertz CT molecular complexity index is 414. The fourth-order valence-electron chi connectivity index (χ4n) is 2.18. The maximum atomic E-state index is 12.4. The van der Waals surface area contributed by atoms with Crippen LogP contribution in [0.2, 0.25) is 5.02 Å². The third-order valence-electron chi connectivity index (χ3n) is 3.20. The minimum atomic E-state index is -4.40. The van der Waals surface area contributed by atoms with E-state index in [0.29, 0.717) is 11.7 Å². The number of nitrogens with zero attached hydrogens (tertiary/aromatic N) is 1. The van der Waals surface area contributed by atoms with Crippen molar-refractivity contribution in [2.24, 2.45) is 5.92 Å². The Morgan fingerprint density at radius 2 is 2.00 bits per heavy atom. The van der Waals surface area contributed by atoms with Crippen LogP contribution in [0.5, 0.6) is 0 Å². The predicted molar refractivity (Wildman–Crippen MR) is 64.7 cm³/mol. The molecule has 1 saturated carbocycles.